The van der Waals surface area contributed by atoms with Crippen molar-refractivity contribution >= 4 is 23.5 Å². The number of amides is 1. The molecule has 5 rings (SSSR count). The molecule has 1 aliphatic rings. The average molecular weight is 473 g/mol. The second kappa shape index (κ2) is 9.92. The average Bonchev–Trinajstić information content (AvgIpc) is 3.52. The van der Waals surface area contributed by atoms with Gasteiger partial charge in [-0.25, -0.2) is 15.0 Å². The molecule has 0 radical (unpaired) electrons. The van der Waals surface area contributed by atoms with Crippen molar-refractivity contribution in [3.63, 3.8) is 0 Å². The lowest BCUT2D eigenvalue weighted by Gasteiger charge is -2.32. The number of piperidine rings is 1. The van der Waals surface area contributed by atoms with Crippen molar-refractivity contribution in [2.24, 2.45) is 0 Å². The minimum atomic E-state index is 0.00761. The number of hydrogen-bond acceptors (Lipinski definition) is 8. The molecule has 0 saturated carbocycles. The number of nitrogens with zero attached hydrogens (tertiary/aromatic N) is 7. The Bertz CT molecular complexity index is 1270. The third kappa shape index (κ3) is 5.62. The van der Waals surface area contributed by atoms with Gasteiger partial charge in [0.1, 0.15) is 18.0 Å². The van der Waals surface area contributed by atoms with Crippen molar-refractivity contribution in [1.82, 2.24) is 40.0 Å². The molecule has 11 nitrogen and oxygen atoms in total. The van der Waals surface area contributed by atoms with Gasteiger partial charge in [-0.3, -0.25) is 14.5 Å². The van der Waals surface area contributed by atoms with Crippen LogP contribution in [0.15, 0.2) is 49.2 Å². The highest BCUT2D eigenvalue weighted by Gasteiger charge is 2.23. The smallest absolute Gasteiger partial charge is 0.227 e. The van der Waals surface area contributed by atoms with E-state index in [2.05, 4.69) is 45.7 Å². The van der Waals surface area contributed by atoms with Crippen molar-refractivity contribution in [1.29, 1.82) is 0 Å². The number of rotatable bonds is 7. The van der Waals surface area contributed by atoms with E-state index in [1.165, 1.54) is 0 Å². The molecule has 180 valence electrons. The Balaban J connectivity index is 1.13. The molecule has 0 aromatic carbocycles. The van der Waals surface area contributed by atoms with Crippen molar-refractivity contribution < 1.29 is 4.79 Å². The van der Waals surface area contributed by atoms with Crippen LogP contribution in [0.3, 0.4) is 0 Å². The molecule has 35 heavy (non-hydrogen) atoms. The zero-order chi connectivity index (χ0) is 24.2. The first-order chi connectivity index (χ1) is 17.0. The molecule has 0 bridgehead atoms. The minimum absolute atomic E-state index is 0.00761. The number of aryl methyl sites for hydroxylation is 2. The minimum Gasteiger partial charge on any atom is -0.353 e. The summed E-state index contributed by atoms with van der Waals surface area (Å²) in [6.07, 6.45) is 8.95. The van der Waals surface area contributed by atoms with Crippen LogP contribution in [0.1, 0.15) is 29.8 Å². The summed E-state index contributed by atoms with van der Waals surface area (Å²) in [6, 6.07) is 7.77. The van der Waals surface area contributed by atoms with Gasteiger partial charge in [-0.2, -0.15) is 10.1 Å². The Morgan fingerprint density at radius 2 is 2.00 bits per heavy atom. The lowest BCUT2D eigenvalue weighted by Crippen LogP contribution is -2.45. The van der Waals surface area contributed by atoms with Gasteiger partial charge in [0, 0.05) is 61.2 Å². The van der Waals surface area contributed by atoms with Crippen LogP contribution in [-0.4, -0.2) is 59.7 Å². The first-order valence-electron chi connectivity index (χ1n) is 11.6. The van der Waals surface area contributed by atoms with Crippen LogP contribution >= 0.6 is 0 Å². The summed E-state index contributed by atoms with van der Waals surface area (Å²) in [5, 5.41) is 13.5. The number of hydrogen-bond donors (Lipinski definition) is 3. The molecule has 0 aliphatic carbocycles. The van der Waals surface area contributed by atoms with Gasteiger partial charge < -0.3 is 15.5 Å². The highest BCUT2D eigenvalue weighted by molar-refractivity contribution is 5.78. The third-order valence-electron chi connectivity index (χ3n) is 5.89. The van der Waals surface area contributed by atoms with Crippen molar-refractivity contribution in [3.8, 4) is 5.82 Å². The highest BCUT2D eigenvalue weighted by atomic mass is 16.1. The molecule has 5 heterocycles. The van der Waals surface area contributed by atoms with Crippen LogP contribution in [0, 0.1) is 13.8 Å². The number of anilines is 3. The molecule has 11 heteroatoms. The van der Waals surface area contributed by atoms with E-state index in [0.29, 0.717) is 18.2 Å². The summed E-state index contributed by atoms with van der Waals surface area (Å²) in [5.74, 6) is 2.90. The van der Waals surface area contributed by atoms with Gasteiger partial charge in [-0.05, 0) is 38.3 Å². The molecule has 0 atom stereocenters. The normalized spacial score (nSPS) is 14.2. The molecule has 1 fully saturated rings. The van der Waals surface area contributed by atoms with E-state index in [0.717, 1.165) is 54.5 Å². The second-order valence-electron chi connectivity index (χ2n) is 8.76. The number of carbonyl (C=O) groups is 1. The van der Waals surface area contributed by atoms with Gasteiger partial charge in [0.25, 0.3) is 0 Å². The number of aromatic nitrogens is 7. The molecular weight excluding hydrogens is 444 g/mol. The fourth-order valence-corrected chi connectivity index (χ4v) is 4.13. The molecule has 1 aliphatic heterocycles. The van der Waals surface area contributed by atoms with Crippen molar-refractivity contribution in [3.05, 3.63) is 66.1 Å². The number of pyridine rings is 1. The third-order valence-corrected chi connectivity index (χ3v) is 5.89. The lowest BCUT2D eigenvalue weighted by atomic mass is 10.0. The number of H-pyrrole nitrogens is 1. The van der Waals surface area contributed by atoms with E-state index >= 15 is 0 Å². The lowest BCUT2D eigenvalue weighted by molar-refractivity contribution is -0.121. The monoisotopic (exact) mass is 472 g/mol. The predicted molar refractivity (Wildman–Crippen MR) is 132 cm³/mol. The van der Waals surface area contributed by atoms with E-state index in [-0.39, 0.29) is 11.9 Å². The van der Waals surface area contributed by atoms with E-state index in [4.69, 9.17) is 0 Å². The molecular formula is C24H28N10O. The first kappa shape index (κ1) is 22.5. The maximum absolute atomic E-state index is 12.6. The quantitative estimate of drug-likeness (QED) is 0.374. The van der Waals surface area contributed by atoms with Gasteiger partial charge in [0.15, 0.2) is 5.82 Å². The fraction of sp³-hybridized carbons (Fsp3) is 0.333. The molecule has 1 amide bonds. The Morgan fingerprint density at radius 1 is 1.14 bits per heavy atom. The summed E-state index contributed by atoms with van der Waals surface area (Å²) in [5.41, 5.74) is 2.74. The first-order valence-corrected chi connectivity index (χ1v) is 11.6. The maximum atomic E-state index is 12.6. The van der Waals surface area contributed by atoms with E-state index in [1.807, 2.05) is 48.9 Å². The Hall–Kier alpha value is -4.28. The number of aromatic amines is 1. The summed E-state index contributed by atoms with van der Waals surface area (Å²) in [4.78, 5) is 32.5. The van der Waals surface area contributed by atoms with Gasteiger partial charge in [0.05, 0.1) is 6.42 Å². The van der Waals surface area contributed by atoms with Gasteiger partial charge >= 0.3 is 0 Å². The summed E-state index contributed by atoms with van der Waals surface area (Å²) in [7, 11) is 0. The Kier molecular flexibility index (Phi) is 6.38. The van der Waals surface area contributed by atoms with Crippen LogP contribution in [0.4, 0.5) is 17.6 Å². The predicted octanol–water partition coefficient (Wildman–Crippen LogP) is 2.47. The molecule has 4 aromatic rings. The van der Waals surface area contributed by atoms with Crippen LogP contribution in [-0.2, 0) is 11.2 Å². The van der Waals surface area contributed by atoms with Crippen LogP contribution in [0.2, 0.25) is 0 Å². The summed E-state index contributed by atoms with van der Waals surface area (Å²) < 4.78 is 1.83. The topological polar surface area (TPSA) is 130 Å². The Labute approximate surface area is 203 Å². The van der Waals surface area contributed by atoms with Gasteiger partial charge in [-0.15, -0.1) is 0 Å². The maximum Gasteiger partial charge on any atom is 0.227 e. The molecule has 0 unspecified atom stereocenters. The number of imidazole rings is 1. The highest BCUT2D eigenvalue weighted by Crippen LogP contribution is 2.21. The summed E-state index contributed by atoms with van der Waals surface area (Å²) >= 11 is 0. The standard InChI is InChI=1S/C24H28N10O/c1-16-11-20(29-21-12-17(2)31-32-21)30-24(27-16)33-8-5-19(6-9-33)28-23(35)13-18-3-4-22(26-14-18)34-10-7-25-15-34/h3-4,7,10-12,14-15,19H,5-6,8-9,13H2,1-2H3,(H,28,35)(H2,27,29,30,31,32). The van der Waals surface area contributed by atoms with Crippen LogP contribution in [0.5, 0.6) is 0 Å². The molecule has 1 saturated heterocycles. The van der Waals surface area contributed by atoms with Crippen LogP contribution < -0.4 is 15.5 Å². The number of nitrogens with one attached hydrogen (secondary N) is 3. The van der Waals surface area contributed by atoms with Crippen molar-refractivity contribution in [2.75, 3.05) is 23.3 Å². The molecule has 3 N–H and O–H groups in total. The fourth-order valence-electron chi connectivity index (χ4n) is 4.13. The Morgan fingerprint density at radius 3 is 2.69 bits per heavy atom. The molecule has 4 aromatic heterocycles. The zero-order valence-electron chi connectivity index (χ0n) is 19.8. The van der Waals surface area contributed by atoms with E-state index in [9.17, 15) is 4.79 Å². The van der Waals surface area contributed by atoms with E-state index in [1.54, 1.807) is 18.7 Å². The zero-order valence-corrected chi connectivity index (χ0v) is 19.8. The van der Waals surface area contributed by atoms with Crippen molar-refractivity contribution in [2.45, 2.75) is 39.2 Å². The van der Waals surface area contributed by atoms with Gasteiger partial charge in [-0.1, -0.05) is 6.07 Å². The second-order valence-corrected chi connectivity index (χ2v) is 8.76. The number of carbonyl (C=O) groups excluding carboxylic acids is 1. The van der Waals surface area contributed by atoms with Crippen LogP contribution in [0.25, 0.3) is 5.82 Å². The van der Waals surface area contributed by atoms with E-state index < -0.39 is 0 Å². The largest absolute Gasteiger partial charge is 0.353 e. The van der Waals surface area contributed by atoms with Gasteiger partial charge in [0.2, 0.25) is 11.9 Å². The molecule has 0 spiro atoms. The SMILES string of the molecule is Cc1cc(Nc2cc(C)[nH]n2)nc(N2CCC(NC(=O)Cc3ccc(-n4ccnc4)nc3)CC2)n1. The summed E-state index contributed by atoms with van der Waals surface area (Å²) in [6.45, 7) is 5.45.